The molecule has 0 N–H and O–H groups in total. The van der Waals surface area contributed by atoms with E-state index in [-0.39, 0.29) is 29.5 Å². The normalized spacial score (nSPS) is 10.3. The lowest BCUT2D eigenvalue weighted by atomic mass is 10.2. The second-order valence-electron chi connectivity index (χ2n) is 3.62. The van der Waals surface area contributed by atoms with Crippen LogP contribution < -0.4 is 10.2 Å². The van der Waals surface area contributed by atoms with Crippen LogP contribution in [0.25, 0.3) is 0 Å². The van der Waals surface area contributed by atoms with Crippen molar-refractivity contribution < 1.29 is 13.5 Å². The highest BCUT2D eigenvalue weighted by Gasteiger charge is 2.04. The molecule has 18 heavy (non-hydrogen) atoms. The lowest BCUT2D eigenvalue weighted by Crippen LogP contribution is -2.07. The summed E-state index contributed by atoms with van der Waals surface area (Å²) in [5.74, 6) is 0.307. The third kappa shape index (κ3) is 3.11. The molecule has 0 aliphatic heterocycles. The van der Waals surface area contributed by atoms with Crippen LogP contribution >= 0.6 is 11.6 Å². The van der Waals surface area contributed by atoms with Gasteiger partial charge in [0.15, 0.2) is 0 Å². The zero-order valence-corrected chi connectivity index (χ0v) is 10.1. The highest BCUT2D eigenvalue weighted by molar-refractivity contribution is 6.16. The lowest BCUT2D eigenvalue weighted by molar-refractivity contribution is 0.290. The molecule has 0 saturated carbocycles. The van der Waals surface area contributed by atoms with Crippen molar-refractivity contribution in [3.8, 4) is 5.75 Å². The lowest BCUT2D eigenvalue weighted by Gasteiger charge is -2.05. The van der Waals surface area contributed by atoms with Gasteiger partial charge in [0.2, 0.25) is 11.2 Å². The molecule has 0 radical (unpaired) electrons. The van der Waals surface area contributed by atoms with Gasteiger partial charge in [-0.25, -0.2) is 4.39 Å². The number of alkyl halides is 1. The van der Waals surface area contributed by atoms with Gasteiger partial charge in [-0.2, -0.15) is 0 Å². The van der Waals surface area contributed by atoms with Gasteiger partial charge in [-0.3, -0.25) is 4.79 Å². The molecule has 0 aliphatic carbocycles. The standard InChI is InChI=1S/C13H10ClFO3/c14-6-11-5-12(16)13(8-17-11)18-7-9-1-3-10(15)4-2-9/h1-5,8H,6-7H2. The molecule has 1 heterocycles. The van der Waals surface area contributed by atoms with Crippen molar-refractivity contribution in [2.75, 3.05) is 0 Å². The fourth-order valence-electron chi connectivity index (χ4n) is 1.36. The molecule has 2 rings (SSSR count). The van der Waals surface area contributed by atoms with Crippen LogP contribution in [0, 0.1) is 5.82 Å². The first-order chi connectivity index (χ1) is 8.69. The highest BCUT2D eigenvalue weighted by atomic mass is 35.5. The van der Waals surface area contributed by atoms with Crippen LogP contribution in [0.15, 0.2) is 45.8 Å². The van der Waals surface area contributed by atoms with Crippen LogP contribution in [0.1, 0.15) is 11.3 Å². The molecule has 0 atom stereocenters. The van der Waals surface area contributed by atoms with E-state index in [4.69, 9.17) is 20.8 Å². The van der Waals surface area contributed by atoms with Crippen LogP contribution in [0.4, 0.5) is 4.39 Å². The monoisotopic (exact) mass is 268 g/mol. The van der Waals surface area contributed by atoms with Gasteiger partial charge in [-0.15, -0.1) is 11.6 Å². The van der Waals surface area contributed by atoms with Crippen molar-refractivity contribution in [2.45, 2.75) is 12.5 Å². The Morgan fingerprint density at radius 3 is 2.61 bits per heavy atom. The molecule has 0 saturated heterocycles. The van der Waals surface area contributed by atoms with E-state index in [0.717, 1.165) is 5.56 Å². The van der Waals surface area contributed by atoms with Crippen molar-refractivity contribution >= 4 is 11.6 Å². The number of ether oxygens (including phenoxy) is 1. The van der Waals surface area contributed by atoms with E-state index < -0.39 is 0 Å². The number of halogens is 2. The first-order valence-electron chi connectivity index (χ1n) is 5.24. The molecule has 5 heteroatoms. The summed E-state index contributed by atoms with van der Waals surface area (Å²) in [7, 11) is 0. The van der Waals surface area contributed by atoms with Gasteiger partial charge >= 0.3 is 0 Å². The van der Waals surface area contributed by atoms with E-state index in [1.165, 1.54) is 24.5 Å². The summed E-state index contributed by atoms with van der Waals surface area (Å²) in [6.45, 7) is 0.172. The van der Waals surface area contributed by atoms with Crippen molar-refractivity contribution in [1.29, 1.82) is 0 Å². The summed E-state index contributed by atoms with van der Waals surface area (Å²) in [5.41, 5.74) is 0.469. The fourth-order valence-corrected chi connectivity index (χ4v) is 1.50. The van der Waals surface area contributed by atoms with E-state index >= 15 is 0 Å². The maximum absolute atomic E-state index is 12.7. The molecule has 94 valence electrons. The van der Waals surface area contributed by atoms with Gasteiger partial charge in [-0.1, -0.05) is 12.1 Å². The largest absolute Gasteiger partial charge is 0.482 e. The molecule has 0 amide bonds. The molecular weight excluding hydrogens is 259 g/mol. The van der Waals surface area contributed by atoms with Crippen molar-refractivity contribution in [1.82, 2.24) is 0 Å². The minimum atomic E-state index is -0.315. The zero-order chi connectivity index (χ0) is 13.0. The Morgan fingerprint density at radius 2 is 2.00 bits per heavy atom. The van der Waals surface area contributed by atoms with Crippen molar-refractivity contribution in [3.63, 3.8) is 0 Å². The number of rotatable bonds is 4. The van der Waals surface area contributed by atoms with Crippen LogP contribution in [-0.2, 0) is 12.5 Å². The van der Waals surface area contributed by atoms with Gasteiger partial charge in [0.05, 0.1) is 5.88 Å². The predicted octanol–water partition coefficient (Wildman–Crippen LogP) is 3.10. The average Bonchev–Trinajstić information content (AvgIpc) is 2.39. The van der Waals surface area contributed by atoms with Gasteiger partial charge in [-0.05, 0) is 17.7 Å². The number of hydrogen-bond donors (Lipinski definition) is 0. The van der Waals surface area contributed by atoms with Gasteiger partial charge in [0, 0.05) is 6.07 Å². The summed E-state index contributed by atoms with van der Waals surface area (Å²) in [6, 6.07) is 7.12. The molecule has 0 aliphatic rings. The summed E-state index contributed by atoms with van der Waals surface area (Å²) in [6.07, 6.45) is 1.23. The Morgan fingerprint density at radius 1 is 1.28 bits per heavy atom. The Bertz CT molecular complexity index is 578. The molecule has 0 bridgehead atoms. The van der Waals surface area contributed by atoms with E-state index in [1.807, 2.05) is 0 Å². The quantitative estimate of drug-likeness (QED) is 0.800. The molecular formula is C13H10ClFO3. The topological polar surface area (TPSA) is 39.4 Å². The van der Waals surface area contributed by atoms with Crippen molar-refractivity contribution in [3.05, 3.63) is 64.0 Å². The maximum atomic E-state index is 12.7. The Kier molecular flexibility index (Phi) is 3.99. The Balaban J connectivity index is 2.06. The highest BCUT2D eigenvalue weighted by Crippen LogP contribution is 2.10. The van der Waals surface area contributed by atoms with E-state index in [9.17, 15) is 9.18 Å². The van der Waals surface area contributed by atoms with Gasteiger partial charge < -0.3 is 9.15 Å². The van der Waals surface area contributed by atoms with Crippen molar-refractivity contribution in [2.24, 2.45) is 0 Å². The second kappa shape index (κ2) is 5.69. The zero-order valence-electron chi connectivity index (χ0n) is 9.36. The van der Waals surface area contributed by atoms with E-state index in [1.54, 1.807) is 12.1 Å². The molecule has 0 spiro atoms. The molecule has 3 nitrogen and oxygen atoms in total. The first kappa shape index (κ1) is 12.6. The maximum Gasteiger partial charge on any atom is 0.227 e. The average molecular weight is 269 g/mol. The molecule has 1 aromatic carbocycles. The number of benzene rings is 1. The van der Waals surface area contributed by atoms with Gasteiger partial charge in [0.25, 0.3) is 0 Å². The SMILES string of the molecule is O=c1cc(CCl)occ1OCc1ccc(F)cc1. The molecule has 0 unspecified atom stereocenters. The van der Waals surface area contributed by atoms with E-state index in [2.05, 4.69) is 0 Å². The summed E-state index contributed by atoms with van der Waals surface area (Å²) < 4.78 is 23.0. The fraction of sp³-hybridized carbons (Fsp3) is 0.154. The summed E-state index contributed by atoms with van der Waals surface area (Å²) in [5, 5.41) is 0. The molecule has 1 aromatic heterocycles. The first-order valence-corrected chi connectivity index (χ1v) is 5.77. The Labute approximate surface area is 108 Å². The Hall–Kier alpha value is -1.81. The van der Waals surface area contributed by atoms with Crippen LogP contribution in [0.3, 0.4) is 0 Å². The summed E-state index contributed by atoms with van der Waals surface area (Å²) >= 11 is 5.53. The molecule has 2 aromatic rings. The number of hydrogen-bond acceptors (Lipinski definition) is 3. The minimum absolute atomic E-state index is 0.105. The third-order valence-electron chi connectivity index (χ3n) is 2.29. The van der Waals surface area contributed by atoms with Crippen LogP contribution in [0.2, 0.25) is 0 Å². The van der Waals surface area contributed by atoms with Gasteiger partial charge in [0.1, 0.15) is 24.4 Å². The minimum Gasteiger partial charge on any atom is -0.482 e. The summed E-state index contributed by atoms with van der Waals surface area (Å²) in [4.78, 5) is 11.6. The third-order valence-corrected chi connectivity index (χ3v) is 2.55. The van der Waals surface area contributed by atoms with Crippen LogP contribution in [0.5, 0.6) is 5.75 Å². The second-order valence-corrected chi connectivity index (χ2v) is 3.89. The molecule has 0 fully saturated rings. The predicted molar refractivity (Wildman–Crippen MR) is 65.3 cm³/mol. The van der Waals surface area contributed by atoms with E-state index in [0.29, 0.717) is 5.76 Å². The smallest absolute Gasteiger partial charge is 0.227 e. The van der Waals surface area contributed by atoms with Crippen LogP contribution in [-0.4, -0.2) is 0 Å².